The van der Waals surface area contributed by atoms with E-state index in [2.05, 4.69) is 25.9 Å². The number of azo groups is 1. The Balaban J connectivity index is 0.00000328. The number of nitrogens with one attached hydrogen (secondary N) is 1. The van der Waals surface area contributed by atoms with Gasteiger partial charge in [-0.3, -0.25) is 9.94 Å². The van der Waals surface area contributed by atoms with Crippen LogP contribution in [0.15, 0.2) is 84.4 Å². The summed E-state index contributed by atoms with van der Waals surface area (Å²) in [7, 11) is -15.1. The summed E-state index contributed by atoms with van der Waals surface area (Å²) in [5.41, 5.74) is 2.38. The molecule has 1 N–H and O–H groups in total. The average molecular weight is 1150 g/mol. The summed E-state index contributed by atoms with van der Waals surface area (Å²) in [5, 5.41) is 42.5. The van der Waals surface area contributed by atoms with Crippen LogP contribution < -0.4 is 90.9 Å². The van der Waals surface area contributed by atoms with E-state index >= 15 is 0 Å². The molecule has 0 fully saturated rings. The molecule has 8 rings (SSSR count). The minimum atomic E-state index is -5.11. The molecule has 4 heterocycles. The second-order valence-electron chi connectivity index (χ2n) is 18.0. The van der Waals surface area contributed by atoms with Crippen LogP contribution in [0.3, 0.4) is 0 Å². The molecule has 4 aromatic carbocycles. The zero-order valence-electron chi connectivity index (χ0n) is 44.6. The van der Waals surface area contributed by atoms with E-state index in [-0.39, 0.29) is 158 Å². The van der Waals surface area contributed by atoms with Gasteiger partial charge in [0.1, 0.15) is 53.5 Å². The fraction of sp³-hybridized carbons (Fsp3) is 0.239. The number of aromatic nitrogens is 5. The zero-order valence-corrected chi connectivity index (χ0v) is 49.5. The number of hydrogen-bond donors (Lipinski definition) is 1. The van der Waals surface area contributed by atoms with Gasteiger partial charge in [-0.15, -0.1) is 10.2 Å². The summed E-state index contributed by atoms with van der Waals surface area (Å²) in [6.45, 7) is 16.4. The Morgan fingerprint density at radius 2 is 1.31 bits per heavy atom. The van der Waals surface area contributed by atoms with E-state index in [1.807, 2.05) is 20.8 Å². The molecular weight excluding hydrogens is 1100 g/mol. The summed E-state index contributed by atoms with van der Waals surface area (Å²) < 4.78 is 120. The van der Waals surface area contributed by atoms with Gasteiger partial charge in [0, 0.05) is 16.0 Å². The molecule has 32 heteroatoms. The predicted molar refractivity (Wildman–Crippen MR) is 271 cm³/mol. The van der Waals surface area contributed by atoms with Crippen molar-refractivity contribution in [1.29, 1.82) is 5.26 Å². The van der Waals surface area contributed by atoms with Crippen molar-refractivity contribution in [1.82, 2.24) is 24.7 Å². The third-order valence-corrected chi connectivity index (χ3v) is 17.2. The van der Waals surface area contributed by atoms with Crippen LogP contribution in [0.2, 0.25) is 0 Å². The summed E-state index contributed by atoms with van der Waals surface area (Å²) in [6.07, 6.45) is 0. The first-order valence-corrected chi connectivity index (χ1v) is 28.2. The first-order chi connectivity index (χ1) is 34.5. The van der Waals surface area contributed by atoms with Crippen molar-refractivity contribution in [3.63, 3.8) is 0 Å². The number of nitrogens with zero attached hydrogens (tertiary/aromatic N) is 9. The zero-order chi connectivity index (χ0) is 54.1. The molecule has 0 unspecified atom stereocenters. The van der Waals surface area contributed by atoms with E-state index in [0.29, 0.717) is 49.5 Å². The number of aryl methyl sites for hydroxylation is 5. The second-order valence-corrected chi connectivity index (χ2v) is 24.8. The van der Waals surface area contributed by atoms with Crippen LogP contribution in [0.4, 0.5) is 39.6 Å². The number of rotatable bonds is 14. The van der Waals surface area contributed by atoms with E-state index in [0.717, 1.165) is 23.5 Å². The first kappa shape index (κ1) is 66.6. The fourth-order valence-corrected chi connectivity index (χ4v) is 13.5. The number of thiazole rings is 2. The van der Waals surface area contributed by atoms with Crippen molar-refractivity contribution in [3.05, 3.63) is 105 Å². The number of hydrogen-bond acceptors (Lipinski definition) is 24. The maximum absolute atomic E-state index is 12.9. The van der Waals surface area contributed by atoms with Crippen LogP contribution in [-0.2, 0) is 45.1 Å². The maximum Gasteiger partial charge on any atom is 1.00 e. The van der Waals surface area contributed by atoms with Crippen LogP contribution >= 0.6 is 34.7 Å². The number of anilines is 5. The van der Waals surface area contributed by atoms with Crippen LogP contribution in [0, 0.1) is 59.8 Å². The maximum atomic E-state index is 12.9. The molecule has 0 spiro atoms. The van der Waals surface area contributed by atoms with Crippen LogP contribution in [0.25, 0.3) is 25.6 Å². The first-order valence-electron chi connectivity index (χ1n) is 21.6. The van der Waals surface area contributed by atoms with Crippen LogP contribution in [0.1, 0.15) is 71.0 Å². The SMILES string of the molecule is Cc1cc(N(c2nc3ccc(S(=O)(=O)[O-])cc3s2)c2c(C)cc(C)c(S(=O)(=O)[O-])c2C)nc(Nc2c(C)cc(C)c(S(=O)(=O)[O-])c2C)c1N=Nc1c(C#N)c(C(C)(C)C)nn1-c1nc2ccc(SOO[O-])cc2s1.[Li+].[Li+].[Li+].[Li+]. The molecule has 0 bridgehead atoms. The van der Waals surface area contributed by atoms with Gasteiger partial charge in [0.15, 0.2) is 16.8 Å². The number of nitriles is 1. The van der Waals surface area contributed by atoms with E-state index in [1.54, 1.807) is 45.0 Å². The molecule has 78 heavy (non-hydrogen) atoms. The molecule has 0 radical (unpaired) electrons. The van der Waals surface area contributed by atoms with Gasteiger partial charge < -0.3 is 24.2 Å². The Kier molecular flexibility index (Phi) is 21.4. The summed E-state index contributed by atoms with van der Waals surface area (Å²) in [6, 6.07) is 15.4. The van der Waals surface area contributed by atoms with E-state index < -0.39 is 50.5 Å². The number of fused-ring (bicyclic) bond motifs is 2. The van der Waals surface area contributed by atoms with Gasteiger partial charge in [0.05, 0.1) is 58.5 Å². The molecule has 22 nitrogen and oxygen atoms in total. The second kappa shape index (κ2) is 25.1. The normalized spacial score (nSPS) is 12.0. The molecule has 0 atom stereocenters. The molecule has 386 valence electrons. The molecule has 0 saturated carbocycles. The van der Waals surface area contributed by atoms with Crippen LogP contribution in [-0.4, -0.2) is 63.6 Å². The molecule has 0 aliphatic rings. The summed E-state index contributed by atoms with van der Waals surface area (Å²) in [5.74, 6) is -0.160. The quantitative estimate of drug-likeness (QED) is 0.0291. The Morgan fingerprint density at radius 3 is 1.90 bits per heavy atom. The van der Waals surface area contributed by atoms with E-state index in [1.165, 1.54) is 66.8 Å². The Bertz CT molecular complexity index is 4090. The Labute approximate surface area is 509 Å². The molecule has 8 aromatic rings. The smallest absolute Gasteiger partial charge is 0.744 e. The average Bonchev–Trinajstić information content (AvgIpc) is 4.01. The van der Waals surface area contributed by atoms with Crippen molar-refractivity contribution in [3.8, 4) is 11.2 Å². The minimum Gasteiger partial charge on any atom is -0.744 e. The number of pyridine rings is 1. The van der Waals surface area contributed by atoms with Crippen molar-refractivity contribution in [2.45, 2.75) is 94.2 Å². The van der Waals surface area contributed by atoms with E-state index in [4.69, 9.17) is 25.2 Å². The Morgan fingerprint density at radius 1 is 0.718 bits per heavy atom. The third kappa shape index (κ3) is 13.4. The van der Waals surface area contributed by atoms with Crippen molar-refractivity contribution >= 4 is 125 Å². The third-order valence-electron chi connectivity index (χ3n) is 11.6. The van der Waals surface area contributed by atoms with Gasteiger partial charge in [-0.2, -0.15) is 19.4 Å². The fourth-order valence-electron chi connectivity index (χ4n) is 8.63. The van der Waals surface area contributed by atoms with Crippen molar-refractivity contribution in [2.75, 3.05) is 10.2 Å². The predicted octanol–water partition coefficient (Wildman–Crippen LogP) is -2.60. The van der Waals surface area contributed by atoms with Gasteiger partial charge in [-0.25, -0.2) is 40.2 Å². The van der Waals surface area contributed by atoms with Crippen molar-refractivity contribution < 1.29 is 129 Å². The summed E-state index contributed by atoms with van der Waals surface area (Å²) in [4.78, 5) is 15.0. The van der Waals surface area contributed by atoms with Crippen LogP contribution in [0.5, 0.6) is 0 Å². The largest absolute Gasteiger partial charge is 1.00 e. The topological polar surface area (TPSA) is 333 Å². The van der Waals surface area contributed by atoms with Gasteiger partial charge in [-0.05, 0) is 130 Å². The molecule has 0 saturated heterocycles. The van der Waals surface area contributed by atoms with Gasteiger partial charge in [0.25, 0.3) is 0 Å². The molecule has 0 aliphatic carbocycles. The van der Waals surface area contributed by atoms with Gasteiger partial charge in [-0.1, -0.05) is 55.6 Å². The van der Waals surface area contributed by atoms with Gasteiger partial charge >= 0.3 is 75.4 Å². The van der Waals surface area contributed by atoms with E-state index in [9.17, 15) is 49.4 Å². The van der Waals surface area contributed by atoms with Crippen molar-refractivity contribution in [2.24, 2.45) is 10.2 Å². The molecule has 4 aromatic heterocycles. The molecular formula is C46H40Li4N10O12S6. The molecule has 0 aliphatic heterocycles. The van der Waals surface area contributed by atoms with Gasteiger partial charge in [0.2, 0.25) is 5.13 Å². The Hall–Kier alpha value is -3.94. The monoisotopic (exact) mass is 1140 g/mol. The standard InChI is InChI=1S/C46H44N10O12S6.4Li/c1-21-15-24(4)39(73(61,62)63)26(6)36(21)51-42-37(52-53-43-30(20-47)41(46(8,9)10)54-56(43)45-49-31-13-11-28(71-68-67-57)18-33(31)70-45)22(2)17-35(50-42)55(38-23(3)16-25(5)40(27(38)7)74(64,65)66)44-48-32-14-12-29(72(58,59)60)19-34(32)69-44;;;;/h11-19,57H,1-10H3,(H,50,51)(H,58,59,60)(H,61,62,63)(H,64,65,66);;;;/q;4*+1/p-4. The number of benzene rings is 4. The minimum absolute atomic E-state index is 0. The molecule has 0 amide bonds. The summed E-state index contributed by atoms with van der Waals surface area (Å²) >= 11 is 2.79.